The summed E-state index contributed by atoms with van der Waals surface area (Å²) < 4.78 is 68.8. The monoisotopic (exact) mass is 600 g/mol. The maximum atomic E-state index is 15.1. The Bertz CT molecular complexity index is 1990. The molecular weight excluding hydrogens is 583 g/mol. The van der Waals surface area contributed by atoms with E-state index >= 15 is 4.39 Å². The fourth-order valence-corrected chi connectivity index (χ4v) is 4.85. The summed E-state index contributed by atoms with van der Waals surface area (Å²) in [6, 6.07) is 9.06. The van der Waals surface area contributed by atoms with E-state index in [0.29, 0.717) is 15.8 Å². The number of aromatic nitrogens is 5. The number of aryl methyl sites for hydroxylation is 1. The van der Waals surface area contributed by atoms with Gasteiger partial charge >= 0.3 is 17.6 Å². The Hall–Kier alpha value is -5.17. The Balaban J connectivity index is 1.60. The summed E-state index contributed by atoms with van der Waals surface area (Å²) in [6.45, 7) is 0.0621. The number of alkyl halides is 3. The molecule has 0 aliphatic heterocycles. The highest BCUT2D eigenvalue weighted by atomic mass is 32.1. The summed E-state index contributed by atoms with van der Waals surface area (Å²) in [5.74, 6) is -2.05. The number of thiazole rings is 1. The van der Waals surface area contributed by atoms with Crippen molar-refractivity contribution in [2.24, 2.45) is 0 Å². The first-order chi connectivity index (χ1) is 19.9. The molecule has 3 aromatic heterocycles. The van der Waals surface area contributed by atoms with E-state index in [-0.39, 0.29) is 40.1 Å². The summed E-state index contributed by atoms with van der Waals surface area (Å²) in [7, 11) is 0. The maximum Gasteiger partial charge on any atom is 0.405 e. The number of fused-ring (bicyclic) bond motifs is 1. The predicted molar refractivity (Wildman–Crippen MR) is 144 cm³/mol. The first kappa shape index (κ1) is 28.4. The van der Waals surface area contributed by atoms with E-state index in [4.69, 9.17) is 0 Å². The molecule has 0 unspecified atom stereocenters. The Morgan fingerprint density at radius 2 is 1.83 bits per heavy atom. The molecule has 42 heavy (non-hydrogen) atoms. The summed E-state index contributed by atoms with van der Waals surface area (Å²) >= 11 is 0.834. The number of nitrogens with one attached hydrogen (secondary N) is 2. The molecule has 0 aliphatic rings. The van der Waals surface area contributed by atoms with Crippen molar-refractivity contribution in [2.45, 2.75) is 19.6 Å². The molecule has 10 nitrogen and oxygen atoms in total. The Morgan fingerprint density at radius 1 is 1.05 bits per heavy atom. The van der Waals surface area contributed by atoms with Gasteiger partial charge < -0.3 is 10.6 Å². The smallest absolute Gasteiger partial charge is 0.352 e. The number of benzene rings is 2. The third-order valence-electron chi connectivity index (χ3n) is 5.85. The van der Waals surface area contributed by atoms with Crippen molar-refractivity contribution in [1.29, 1.82) is 5.26 Å². The van der Waals surface area contributed by atoms with Gasteiger partial charge in [-0.1, -0.05) is 17.4 Å². The molecule has 0 radical (unpaired) electrons. The molecule has 0 fully saturated rings. The number of hydrogen-bond donors (Lipinski definition) is 2. The molecule has 3 heterocycles. The van der Waals surface area contributed by atoms with Crippen molar-refractivity contribution in [3.05, 3.63) is 98.1 Å². The molecule has 5 aromatic rings. The molecule has 0 spiro atoms. The molecule has 5 rings (SSSR count). The molecule has 0 saturated carbocycles. The van der Waals surface area contributed by atoms with Crippen molar-refractivity contribution >= 4 is 38.3 Å². The molecule has 2 N–H and O–H groups in total. The van der Waals surface area contributed by atoms with Crippen LogP contribution in [0.5, 0.6) is 0 Å². The lowest BCUT2D eigenvalue weighted by Crippen LogP contribution is -2.41. The molecule has 0 atom stereocenters. The van der Waals surface area contributed by atoms with Crippen molar-refractivity contribution in [3.63, 3.8) is 0 Å². The number of hydrogen-bond acceptors (Lipinski definition) is 9. The highest BCUT2D eigenvalue weighted by molar-refractivity contribution is 7.22. The van der Waals surface area contributed by atoms with Crippen LogP contribution < -0.4 is 22.0 Å². The normalized spacial score (nSPS) is 11.5. The van der Waals surface area contributed by atoms with E-state index in [2.05, 4.69) is 25.6 Å². The second kappa shape index (κ2) is 11.0. The lowest BCUT2D eigenvalue weighted by Gasteiger charge is -2.16. The molecule has 0 aliphatic carbocycles. The van der Waals surface area contributed by atoms with Crippen LogP contribution in [0.4, 0.5) is 38.7 Å². The van der Waals surface area contributed by atoms with Gasteiger partial charge in [-0.2, -0.15) is 23.4 Å². The highest BCUT2D eigenvalue weighted by Crippen LogP contribution is 2.32. The van der Waals surface area contributed by atoms with Crippen LogP contribution in [-0.2, 0) is 6.54 Å². The fraction of sp³-hybridized carbons (Fsp3) is 0.154. The van der Waals surface area contributed by atoms with Crippen LogP contribution in [0, 0.1) is 29.9 Å². The van der Waals surface area contributed by atoms with E-state index in [0.717, 1.165) is 32.6 Å². The molecule has 0 bridgehead atoms. The van der Waals surface area contributed by atoms with E-state index < -0.39 is 35.7 Å². The Labute approximate surface area is 236 Å². The zero-order valence-corrected chi connectivity index (χ0v) is 22.1. The van der Waals surface area contributed by atoms with Gasteiger partial charge in [0.1, 0.15) is 24.2 Å². The maximum absolute atomic E-state index is 15.1. The minimum absolute atomic E-state index is 0.0794. The van der Waals surface area contributed by atoms with Gasteiger partial charge in [-0.05, 0) is 42.3 Å². The van der Waals surface area contributed by atoms with Crippen LogP contribution in [-0.4, -0.2) is 36.8 Å². The summed E-state index contributed by atoms with van der Waals surface area (Å²) in [4.78, 5) is 38.6. The number of anilines is 3. The van der Waals surface area contributed by atoms with Gasteiger partial charge in [0, 0.05) is 12.3 Å². The van der Waals surface area contributed by atoms with E-state index in [9.17, 15) is 32.4 Å². The SMILES string of the molecule is Cc1cncc(-n2c(=O)nc(Nc3cc4sc(NCC(F)(F)F)nc4cc3F)n(Cc3ccc(F)c(C#N)c3)c2=O)c1. The number of pyridine rings is 1. The van der Waals surface area contributed by atoms with E-state index in [1.807, 2.05) is 0 Å². The van der Waals surface area contributed by atoms with Crippen LogP contribution in [0.25, 0.3) is 15.9 Å². The molecule has 0 amide bonds. The zero-order valence-electron chi connectivity index (χ0n) is 21.3. The number of halogens is 5. The van der Waals surface area contributed by atoms with Gasteiger partial charge in [0.2, 0.25) is 5.95 Å². The van der Waals surface area contributed by atoms with Gasteiger partial charge in [-0.25, -0.2) is 27.9 Å². The quantitative estimate of drug-likeness (QED) is 0.259. The molecule has 214 valence electrons. The van der Waals surface area contributed by atoms with Crippen molar-refractivity contribution in [1.82, 2.24) is 24.1 Å². The standard InChI is InChI=1S/C26H17F5N8O2S/c1-13-4-16(10-33-9-13)39-24(40)37-22(38(25(39)41)11-14-2-3-17(27)15(5-14)8-32)35-19-7-21-20(6-18(19)28)36-23(42-21)34-12-26(29,30)31/h2-7,9-10H,11-12H2,1H3,(H,34,36)(H,35,37,40). The van der Waals surface area contributed by atoms with Crippen LogP contribution in [0.3, 0.4) is 0 Å². The van der Waals surface area contributed by atoms with Crippen LogP contribution >= 0.6 is 11.3 Å². The first-order valence-electron chi connectivity index (χ1n) is 11.9. The lowest BCUT2D eigenvalue weighted by atomic mass is 10.1. The average molecular weight is 601 g/mol. The van der Waals surface area contributed by atoms with Gasteiger partial charge in [0.25, 0.3) is 0 Å². The second-order valence-electron chi connectivity index (χ2n) is 8.98. The first-order valence-corrected chi connectivity index (χ1v) is 12.8. The molecule has 0 saturated heterocycles. The van der Waals surface area contributed by atoms with Crippen molar-refractivity contribution < 1.29 is 22.0 Å². The fourth-order valence-electron chi connectivity index (χ4n) is 3.97. The molecule has 16 heteroatoms. The molecular formula is C26H17F5N8O2S. The number of rotatable bonds is 7. The minimum atomic E-state index is -4.49. The number of nitrogens with zero attached hydrogens (tertiary/aromatic N) is 6. The van der Waals surface area contributed by atoms with Crippen LogP contribution in [0.1, 0.15) is 16.7 Å². The highest BCUT2D eigenvalue weighted by Gasteiger charge is 2.27. The summed E-state index contributed by atoms with van der Waals surface area (Å²) in [5.41, 5.74) is -1.30. The average Bonchev–Trinajstić information content (AvgIpc) is 3.32. The Kier molecular flexibility index (Phi) is 7.44. The second-order valence-corrected chi connectivity index (χ2v) is 10.0. The molecule has 2 aromatic carbocycles. The van der Waals surface area contributed by atoms with Crippen molar-refractivity contribution in [2.75, 3.05) is 17.2 Å². The lowest BCUT2D eigenvalue weighted by molar-refractivity contribution is -0.115. The third kappa shape index (κ3) is 5.95. The predicted octanol–water partition coefficient (Wildman–Crippen LogP) is 4.62. The van der Waals surface area contributed by atoms with Crippen molar-refractivity contribution in [3.8, 4) is 11.8 Å². The van der Waals surface area contributed by atoms with Gasteiger partial charge in [-0.15, -0.1) is 0 Å². The van der Waals surface area contributed by atoms with E-state index in [1.165, 1.54) is 36.7 Å². The summed E-state index contributed by atoms with van der Waals surface area (Å²) in [6.07, 6.45) is -1.69. The van der Waals surface area contributed by atoms with E-state index in [1.54, 1.807) is 13.0 Å². The topological polar surface area (TPSA) is 131 Å². The van der Waals surface area contributed by atoms with Gasteiger partial charge in [-0.3, -0.25) is 9.55 Å². The number of nitriles is 1. The van der Waals surface area contributed by atoms with Crippen LogP contribution in [0.15, 0.2) is 58.4 Å². The van der Waals surface area contributed by atoms with Gasteiger partial charge in [0.15, 0.2) is 5.13 Å². The summed E-state index contributed by atoms with van der Waals surface area (Å²) in [5, 5.41) is 13.9. The largest absolute Gasteiger partial charge is 0.405 e. The minimum Gasteiger partial charge on any atom is -0.352 e. The zero-order chi connectivity index (χ0) is 30.2. The third-order valence-corrected chi connectivity index (χ3v) is 6.82. The van der Waals surface area contributed by atoms with Gasteiger partial charge in [0.05, 0.1) is 39.9 Å². The Morgan fingerprint density at radius 3 is 2.55 bits per heavy atom. The van der Waals surface area contributed by atoms with Crippen LogP contribution in [0.2, 0.25) is 0 Å².